The van der Waals surface area contributed by atoms with Gasteiger partial charge in [-0.15, -0.1) is 0 Å². The zero-order valence-corrected chi connectivity index (χ0v) is 13.3. The van der Waals surface area contributed by atoms with Crippen LogP contribution in [0.15, 0.2) is 0 Å². The molecule has 1 amide bonds. The average Bonchev–Trinajstić information content (AvgIpc) is 2.42. The fourth-order valence-corrected chi connectivity index (χ4v) is 1.80. The molecule has 0 bridgehead atoms. The number of hydrogen-bond donors (Lipinski definition) is 1. The van der Waals surface area contributed by atoms with Crippen molar-refractivity contribution in [1.82, 2.24) is 10.2 Å². The Morgan fingerprint density at radius 3 is 2.52 bits per heavy atom. The Morgan fingerprint density at radius 1 is 1.29 bits per heavy atom. The van der Waals surface area contributed by atoms with Gasteiger partial charge in [0.05, 0.1) is 26.2 Å². The van der Waals surface area contributed by atoms with Crippen LogP contribution in [0.2, 0.25) is 0 Å². The molecule has 0 fully saturated rings. The van der Waals surface area contributed by atoms with E-state index in [1.165, 1.54) is 7.11 Å². The van der Waals surface area contributed by atoms with Gasteiger partial charge in [-0.2, -0.15) is 0 Å². The maximum atomic E-state index is 11.7. The molecule has 0 aliphatic carbocycles. The van der Waals surface area contributed by atoms with E-state index in [1.807, 2.05) is 0 Å². The largest absolute Gasteiger partial charge is 0.469 e. The maximum absolute atomic E-state index is 11.7. The number of amides is 1. The number of nitrogens with zero attached hydrogens (tertiary/aromatic N) is 1. The number of carbonyl (C=O) groups is 3. The van der Waals surface area contributed by atoms with E-state index in [1.54, 1.807) is 25.8 Å². The number of methoxy groups -OCH3 is 1. The van der Waals surface area contributed by atoms with Crippen molar-refractivity contribution in [2.24, 2.45) is 5.92 Å². The molecule has 0 saturated carbocycles. The first-order valence-corrected chi connectivity index (χ1v) is 7.09. The lowest BCUT2D eigenvalue weighted by Crippen LogP contribution is -2.38. The molecule has 7 nitrogen and oxygen atoms in total. The summed E-state index contributed by atoms with van der Waals surface area (Å²) in [6, 6.07) is 0. The van der Waals surface area contributed by atoms with Crippen LogP contribution >= 0.6 is 0 Å². The molecule has 1 atom stereocenters. The summed E-state index contributed by atoms with van der Waals surface area (Å²) in [6.07, 6.45) is 0.843. The highest BCUT2D eigenvalue weighted by atomic mass is 16.5. The second-order valence-electron chi connectivity index (χ2n) is 4.88. The summed E-state index contributed by atoms with van der Waals surface area (Å²) in [7, 11) is 3.10. The Bertz CT molecular complexity index is 346. The minimum absolute atomic E-state index is 0.140. The number of rotatable bonds is 10. The summed E-state index contributed by atoms with van der Waals surface area (Å²) in [5.74, 6) is -0.970. The average molecular weight is 302 g/mol. The molecule has 7 heteroatoms. The topological polar surface area (TPSA) is 84.9 Å². The predicted molar refractivity (Wildman–Crippen MR) is 77.6 cm³/mol. The zero-order valence-electron chi connectivity index (χ0n) is 13.3. The molecule has 0 aromatic rings. The highest BCUT2D eigenvalue weighted by Gasteiger charge is 2.16. The molecule has 1 unspecified atom stereocenters. The van der Waals surface area contributed by atoms with Crippen LogP contribution in [0.1, 0.15) is 26.7 Å². The molecule has 0 aromatic carbocycles. The van der Waals surface area contributed by atoms with Crippen LogP contribution in [0.3, 0.4) is 0 Å². The lowest BCUT2D eigenvalue weighted by molar-refractivity contribution is -0.145. The van der Waals surface area contributed by atoms with Gasteiger partial charge in [-0.3, -0.25) is 19.3 Å². The zero-order chi connectivity index (χ0) is 16.3. The number of esters is 2. The summed E-state index contributed by atoms with van der Waals surface area (Å²) in [5, 5.41) is 2.72. The fourth-order valence-electron chi connectivity index (χ4n) is 1.80. The van der Waals surface area contributed by atoms with Crippen molar-refractivity contribution in [3.8, 4) is 0 Å². The molecule has 0 aromatic heterocycles. The van der Waals surface area contributed by atoms with Gasteiger partial charge < -0.3 is 14.8 Å². The number of ether oxygens (including phenoxy) is 2. The molecule has 0 saturated heterocycles. The van der Waals surface area contributed by atoms with E-state index in [0.29, 0.717) is 32.5 Å². The molecule has 0 spiro atoms. The molecule has 0 aliphatic heterocycles. The van der Waals surface area contributed by atoms with E-state index in [4.69, 9.17) is 4.74 Å². The highest BCUT2D eigenvalue weighted by Crippen LogP contribution is 2.00. The standard InChI is InChI=1S/C14H26N2O5/c1-5-21-13(18)7-6-8-15-12(17)10-16(3)9-11(2)14(19)20-4/h11H,5-10H2,1-4H3,(H,15,17). The quantitative estimate of drug-likeness (QED) is 0.458. The van der Waals surface area contributed by atoms with Crippen LogP contribution in [-0.2, 0) is 23.9 Å². The summed E-state index contributed by atoms with van der Waals surface area (Å²) >= 11 is 0. The Balaban J connectivity index is 3.78. The third-order valence-corrected chi connectivity index (χ3v) is 2.79. The van der Waals surface area contributed by atoms with Gasteiger partial charge in [0.15, 0.2) is 0 Å². The monoisotopic (exact) mass is 302 g/mol. The molecular formula is C14H26N2O5. The summed E-state index contributed by atoms with van der Waals surface area (Å²) < 4.78 is 9.42. The number of likely N-dealkylation sites (N-methyl/N-ethyl adjacent to an activating group) is 1. The summed E-state index contributed by atoms with van der Waals surface area (Å²) in [6.45, 7) is 4.94. The Kier molecular flexibility index (Phi) is 10.2. The van der Waals surface area contributed by atoms with E-state index >= 15 is 0 Å². The van der Waals surface area contributed by atoms with E-state index in [-0.39, 0.29) is 30.3 Å². The molecule has 122 valence electrons. The molecule has 0 rings (SSSR count). The third-order valence-electron chi connectivity index (χ3n) is 2.79. The molecule has 21 heavy (non-hydrogen) atoms. The van der Waals surface area contributed by atoms with Crippen molar-refractivity contribution in [2.75, 3.05) is 40.4 Å². The third kappa shape index (κ3) is 9.84. The van der Waals surface area contributed by atoms with Crippen molar-refractivity contribution in [1.29, 1.82) is 0 Å². The van der Waals surface area contributed by atoms with E-state index in [0.717, 1.165) is 0 Å². The normalized spacial score (nSPS) is 11.9. The maximum Gasteiger partial charge on any atom is 0.309 e. The van der Waals surface area contributed by atoms with Gasteiger partial charge >= 0.3 is 11.9 Å². The Labute approximate surface area is 126 Å². The van der Waals surface area contributed by atoms with Crippen molar-refractivity contribution in [3.05, 3.63) is 0 Å². The Morgan fingerprint density at radius 2 is 1.95 bits per heavy atom. The minimum Gasteiger partial charge on any atom is -0.469 e. The van der Waals surface area contributed by atoms with Gasteiger partial charge in [0.1, 0.15) is 0 Å². The van der Waals surface area contributed by atoms with Gasteiger partial charge in [-0.25, -0.2) is 0 Å². The molecule has 0 aliphatic rings. The van der Waals surface area contributed by atoms with E-state index < -0.39 is 0 Å². The molecule has 1 N–H and O–H groups in total. The van der Waals surface area contributed by atoms with Crippen molar-refractivity contribution in [3.63, 3.8) is 0 Å². The predicted octanol–water partition coefficient (Wildman–Crippen LogP) is 0.187. The van der Waals surface area contributed by atoms with Gasteiger partial charge in [0.25, 0.3) is 0 Å². The molecule has 0 radical (unpaired) electrons. The fraction of sp³-hybridized carbons (Fsp3) is 0.786. The van der Waals surface area contributed by atoms with Gasteiger partial charge in [-0.1, -0.05) is 6.92 Å². The second-order valence-corrected chi connectivity index (χ2v) is 4.88. The Hall–Kier alpha value is -1.63. The smallest absolute Gasteiger partial charge is 0.309 e. The van der Waals surface area contributed by atoms with E-state index in [2.05, 4.69) is 10.1 Å². The van der Waals surface area contributed by atoms with Crippen molar-refractivity contribution < 1.29 is 23.9 Å². The minimum atomic E-state index is -0.295. The first-order valence-electron chi connectivity index (χ1n) is 7.09. The van der Waals surface area contributed by atoms with Crippen LogP contribution in [0.4, 0.5) is 0 Å². The van der Waals surface area contributed by atoms with Crippen LogP contribution in [0.25, 0.3) is 0 Å². The van der Waals surface area contributed by atoms with Gasteiger partial charge in [0.2, 0.25) is 5.91 Å². The second kappa shape index (κ2) is 11.1. The number of nitrogens with one attached hydrogen (secondary N) is 1. The summed E-state index contributed by atoms with van der Waals surface area (Å²) in [4.78, 5) is 35.8. The lowest BCUT2D eigenvalue weighted by Gasteiger charge is -2.19. The lowest BCUT2D eigenvalue weighted by atomic mass is 10.2. The summed E-state index contributed by atoms with van der Waals surface area (Å²) in [5.41, 5.74) is 0. The SMILES string of the molecule is CCOC(=O)CCCNC(=O)CN(C)CC(C)C(=O)OC. The van der Waals surface area contributed by atoms with Crippen LogP contribution < -0.4 is 5.32 Å². The number of hydrogen-bond acceptors (Lipinski definition) is 6. The van der Waals surface area contributed by atoms with Crippen LogP contribution in [0, 0.1) is 5.92 Å². The van der Waals surface area contributed by atoms with Crippen molar-refractivity contribution >= 4 is 17.8 Å². The van der Waals surface area contributed by atoms with Gasteiger partial charge in [-0.05, 0) is 20.4 Å². The van der Waals surface area contributed by atoms with Crippen LogP contribution in [0.5, 0.6) is 0 Å². The van der Waals surface area contributed by atoms with Gasteiger partial charge in [0, 0.05) is 19.5 Å². The highest BCUT2D eigenvalue weighted by molar-refractivity contribution is 5.78. The molecular weight excluding hydrogens is 276 g/mol. The van der Waals surface area contributed by atoms with Crippen molar-refractivity contribution in [2.45, 2.75) is 26.7 Å². The first-order chi connectivity index (χ1) is 9.90. The molecule has 0 heterocycles. The first kappa shape index (κ1) is 19.4. The van der Waals surface area contributed by atoms with Crippen LogP contribution in [-0.4, -0.2) is 63.1 Å². The van der Waals surface area contributed by atoms with E-state index in [9.17, 15) is 14.4 Å². The number of carbonyl (C=O) groups excluding carboxylic acids is 3.